The van der Waals surface area contributed by atoms with Crippen LogP contribution in [0, 0.1) is 12.3 Å². The van der Waals surface area contributed by atoms with Gasteiger partial charge in [-0.1, -0.05) is 5.92 Å². The van der Waals surface area contributed by atoms with Crippen LogP contribution in [0.3, 0.4) is 0 Å². The number of ether oxygens (including phenoxy) is 1. The zero-order valence-electron chi connectivity index (χ0n) is 6.90. The Morgan fingerprint density at radius 2 is 2.50 bits per heavy atom. The highest BCUT2D eigenvalue weighted by Crippen LogP contribution is 2.15. The van der Waals surface area contributed by atoms with Crippen LogP contribution in [-0.2, 0) is 0 Å². The van der Waals surface area contributed by atoms with Crippen molar-refractivity contribution in [2.45, 2.75) is 0 Å². The van der Waals surface area contributed by atoms with Crippen LogP contribution in [0.25, 0.3) is 0 Å². The molecule has 1 heterocycles. The fraction of sp³-hybridized carbons (Fsp3) is 0.125. The molecule has 1 aromatic rings. The van der Waals surface area contributed by atoms with E-state index in [1.165, 1.54) is 6.20 Å². The number of nitrogens with zero attached hydrogens (tertiary/aromatic N) is 2. The summed E-state index contributed by atoms with van der Waals surface area (Å²) in [4.78, 5) is 18.0. The molecule has 6 heteroatoms. The van der Waals surface area contributed by atoms with E-state index in [1.54, 1.807) is 0 Å². The predicted octanol–water partition coefficient (Wildman–Crippen LogP) is 0.949. The Bertz CT molecular complexity index is 400. The minimum absolute atomic E-state index is 0.000686. The van der Waals surface area contributed by atoms with E-state index in [2.05, 4.69) is 31.8 Å². The molecule has 14 heavy (non-hydrogen) atoms. The number of hydrogen-bond acceptors (Lipinski definition) is 4. The predicted molar refractivity (Wildman–Crippen MR) is 51.0 cm³/mol. The molecule has 72 valence electrons. The molecule has 0 aromatic carbocycles. The SMILES string of the molecule is C#CCOc1ncc(Br)c(C(=O)O)n1. The lowest BCUT2D eigenvalue weighted by Gasteiger charge is -2.01. The van der Waals surface area contributed by atoms with E-state index in [9.17, 15) is 4.79 Å². The Hall–Kier alpha value is -1.61. The van der Waals surface area contributed by atoms with Crippen LogP contribution in [0.4, 0.5) is 0 Å². The van der Waals surface area contributed by atoms with Gasteiger partial charge in [0.1, 0.15) is 0 Å². The first-order chi connectivity index (χ1) is 6.65. The van der Waals surface area contributed by atoms with Gasteiger partial charge in [-0.25, -0.2) is 9.78 Å². The fourth-order valence-corrected chi connectivity index (χ4v) is 1.04. The van der Waals surface area contributed by atoms with Gasteiger partial charge in [-0.15, -0.1) is 6.42 Å². The molecule has 0 saturated carbocycles. The zero-order chi connectivity index (χ0) is 10.6. The summed E-state index contributed by atoms with van der Waals surface area (Å²) in [5.41, 5.74) is -0.160. The van der Waals surface area contributed by atoms with Crippen molar-refractivity contribution >= 4 is 21.9 Å². The first-order valence-electron chi connectivity index (χ1n) is 3.47. The summed E-state index contributed by atoms with van der Waals surface area (Å²) in [6.07, 6.45) is 6.24. The van der Waals surface area contributed by atoms with Crippen LogP contribution in [0.2, 0.25) is 0 Å². The standard InChI is InChI=1S/C8H5BrN2O3/c1-2-3-14-8-10-4-5(9)6(11-8)7(12)13/h1,4H,3H2,(H,12,13). The molecule has 0 aliphatic carbocycles. The van der Waals surface area contributed by atoms with Crippen LogP contribution < -0.4 is 4.74 Å². The highest BCUT2D eigenvalue weighted by atomic mass is 79.9. The number of carbonyl (C=O) groups is 1. The van der Waals surface area contributed by atoms with Crippen molar-refractivity contribution in [3.05, 3.63) is 16.4 Å². The Labute approximate surface area is 88.3 Å². The second-order valence-corrected chi connectivity index (χ2v) is 3.00. The monoisotopic (exact) mass is 256 g/mol. The molecule has 1 rings (SSSR count). The van der Waals surface area contributed by atoms with E-state index >= 15 is 0 Å². The molecule has 0 aliphatic rings. The van der Waals surface area contributed by atoms with Crippen molar-refractivity contribution in [1.82, 2.24) is 9.97 Å². The molecule has 0 aliphatic heterocycles. The van der Waals surface area contributed by atoms with Gasteiger partial charge in [0, 0.05) is 6.20 Å². The summed E-state index contributed by atoms with van der Waals surface area (Å²) in [7, 11) is 0. The van der Waals surface area contributed by atoms with Gasteiger partial charge in [0.15, 0.2) is 12.3 Å². The average molecular weight is 257 g/mol. The summed E-state index contributed by atoms with van der Waals surface area (Å²) in [6, 6.07) is -0.0523. The van der Waals surface area contributed by atoms with Crippen molar-refractivity contribution in [1.29, 1.82) is 0 Å². The molecular weight excluding hydrogens is 252 g/mol. The molecule has 0 saturated heterocycles. The van der Waals surface area contributed by atoms with E-state index in [4.69, 9.17) is 16.3 Å². The highest BCUT2D eigenvalue weighted by molar-refractivity contribution is 9.10. The number of terminal acetylenes is 1. The van der Waals surface area contributed by atoms with Crippen molar-refractivity contribution < 1.29 is 14.6 Å². The lowest BCUT2D eigenvalue weighted by molar-refractivity contribution is 0.0687. The van der Waals surface area contributed by atoms with Crippen molar-refractivity contribution in [3.8, 4) is 18.4 Å². The average Bonchev–Trinajstić information content (AvgIpc) is 2.16. The summed E-state index contributed by atoms with van der Waals surface area (Å²) >= 11 is 3.00. The van der Waals surface area contributed by atoms with Gasteiger partial charge >= 0.3 is 12.0 Å². The van der Waals surface area contributed by atoms with Gasteiger partial charge in [-0.05, 0) is 15.9 Å². The maximum atomic E-state index is 10.6. The molecule has 0 fully saturated rings. The van der Waals surface area contributed by atoms with Crippen molar-refractivity contribution in [2.24, 2.45) is 0 Å². The number of halogens is 1. The summed E-state index contributed by atoms with van der Waals surface area (Å²) in [5.74, 6) is 1.06. The second kappa shape index (κ2) is 4.58. The fourth-order valence-electron chi connectivity index (χ4n) is 0.677. The zero-order valence-corrected chi connectivity index (χ0v) is 8.48. The largest absolute Gasteiger partial charge is 0.476 e. The highest BCUT2D eigenvalue weighted by Gasteiger charge is 2.12. The Balaban J connectivity index is 2.96. The van der Waals surface area contributed by atoms with E-state index in [1.807, 2.05) is 0 Å². The van der Waals surface area contributed by atoms with E-state index in [0.29, 0.717) is 0 Å². The van der Waals surface area contributed by atoms with Gasteiger partial charge in [-0.2, -0.15) is 4.98 Å². The third-order valence-electron chi connectivity index (χ3n) is 1.21. The normalized spacial score (nSPS) is 9.14. The minimum atomic E-state index is -1.16. The second-order valence-electron chi connectivity index (χ2n) is 2.15. The van der Waals surface area contributed by atoms with Gasteiger partial charge in [0.05, 0.1) is 4.47 Å². The van der Waals surface area contributed by atoms with Gasteiger partial charge in [-0.3, -0.25) is 0 Å². The molecule has 0 bridgehead atoms. The maximum absolute atomic E-state index is 10.6. The van der Waals surface area contributed by atoms with Crippen LogP contribution in [-0.4, -0.2) is 27.7 Å². The summed E-state index contributed by atoms with van der Waals surface area (Å²) in [6.45, 7) is 0.000686. The third-order valence-corrected chi connectivity index (χ3v) is 1.79. The molecule has 0 spiro atoms. The molecular formula is C8H5BrN2O3. The number of rotatable bonds is 3. The quantitative estimate of drug-likeness (QED) is 0.816. The minimum Gasteiger partial charge on any atom is -0.476 e. The lowest BCUT2D eigenvalue weighted by Crippen LogP contribution is -2.06. The Kier molecular flexibility index (Phi) is 3.42. The Morgan fingerprint density at radius 3 is 3.07 bits per heavy atom. The molecule has 0 atom stereocenters. The van der Waals surface area contributed by atoms with Gasteiger partial charge in [0.25, 0.3) is 0 Å². The van der Waals surface area contributed by atoms with Crippen LogP contribution in [0.15, 0.2) is 10.7 Å². The number of carboxylic acid groups (broad SMARTS) is 1. The smallest absolute Gasteiger partial charge is 0.355 e. The van der Waals surface area contributed by atoms with Gasteiger partial charge in [0.2, 0.25) is 0 Å². The van der Waals surface area contributed by atoms with Crippen molar-refractivity contribution in [2.75, 3.05) is 6.61 Å². The Morgan fingerprint density at radius 1 is 1.79 bits per heavy atom. The lowest BCUT2D eigenvalue weighted by atomic mass is 10.4. The van der Waals surface area contributed by atoms with Gasteiger partial charge < -0.3 is 9.84 Å². The molecule has 0 amide bonds. The van der Waals surface area contributed by atoms with E-state index in [0.717, 1.165) is 0 Å². The molecule has 0 unspecified atom stereocenters. The third kappa shape index (κ3) is 2.44. The summed E-state index contributed by atoms with van der Waals surface area (Å²) in [5, 5.41) is 8.70. The van der Waals surface area contributed by atoms with Crippen LogP contribution in [0.5, 0.6) is 6.01 Å². The molecule has 0 radical (unpaired) electrons. The topological polar surface area (TPSA) is 72.3 Å². The maximum Gasteiger partial charge on any atom is 0.355 e. The number of carboxylic acids is 1. The van der Waals surface area contributed by atoms with E-state index in [-0.39, 0.29) is 22.8 Å². The van der Waals surface area contributed by atoms with Crippen LogP contribution >= 0.6 is 15.9 Å². The number of aromatic carboxylic acids is 1. The molecule has 1 N–H and O–H groups in total. The molecule has 1 aromatic heterocycles. The molecule has 5 nitrogen and oxygen atoms in total. The first kappa shape index (κ1) is 10.5. The number of hydrogen-bond donors (Lipinski definition) is 1. The summed E-state index contributed by atoms with van der Waals surface area (Å²) < 4.78 is 5.15. The first-order valence-corrected chi connectivity index (χ1v) is 4.26. The number of aromatic nitrogens is 2. The van der Waals surface area contributed by atoms with Crippen molar-refractivity contribution in [3.63, 3.8) is 0 Å². The van der Waals surface area contributed by atoms with Crippen LogP contribution in [0.1, 0.15) is 10.5 Å². The van der Waals surface area contributed by atoms with E-state index < -0.39 is 5.97 Å².